The van der Waals surface area contributed by atoms with Crippen molar-refractivity contribution in [3.63, 3.8) is 0 Å². The molecule has 17 heavy (non-hydrogen) atoms. The smallest absolute Gasteiger partial charge is 0.220 e. The van der Waals surface area contributed by atoms with Crippen LogP contribution in [0.2, 0.25) is 0 Å². The van der Waals surface area contributed by atoms with E-state index in [1.165, 1.54) is 0 Å². The number of carbonyl (C=O) groups excluding carboxylic acids is 1. The van der Waals surface area contributed by atoms with Crippen LogP contribution in [0.25, 0.3) is 0 Å². The largest absolute Gasteiger partial charge is 0.356 e. The molecule has 0 radical (unpaired) electrons. The van der Waals surface area contributed by atoms with E-state index in [4.69, 9.17) is 0 Å². The molecule has 0 aromatic rings. The Balaban J connectivity index is 1.97. The molecule has 1 fully saturated rings. The molecule has 1 aliphatic heterocycles. The lowest BCUT2D eigenvalue weighted by Crippen LogP contribution is -2.32. The van der Waals surface area contributed by atoms with Gasteiger partial charge in [-0.15, -0.1) is 0 Å². The molecule has 1 aliphatic rings. The summed E-state index contributed by atoms with van der Waals surface area (Å²) in [6.45, 7) is 4.07. The van der Waals surface area contributed by atoms with Gasteiger partial charge in [-0.3, -0.25) is 4.79 Å². The Labute approximate surface area is 105 Å². The number of hydrogen-bond acceptors (Lipinski definition) is 3. The second kappa shape index (κ2) is 8.48. The molecular formula is C13H27N3O. The molecule has 4 heteroatoms. The van der Waals surface area contributed by atoms with Gasteiger partial charge >= 0.3 is 0 Å². The summed E-state index contributed by atoms with van der Waals surface area (Å²) in [5.41, 5.74) is 0. The van der Waals surface area contributed by atoms with Crippen LogP contribution < -0.4 is 10.6 Å². The summed E-state index contributed by atoms with van der Waals surface area (Å²) in [5, 5.41) is 6.35. The molecule has 0 bridgehead atoms. The molecule has 1 heterocycles. The third kappa shape index (κ3) is 7.34. The van der Waals surface area contributed by atoms with Gasteiger partial charge in [0.15, 0.2) is 0 Å². The van der Waals surface area contributed by atoms with Crippen molar-refractivity contribution in [1.82, 2.24) is 15.5 Å². The first-order chi connectivity index (χ1) is 8.18. The first kappa shape index (κ1) is 14.5. The van der Waals surface area contributed by atoms with E-state index >= 15 is 0 Å². The predicted molar refractivity (Wildman–Crippen MR) is 71.0 cm³/mol. The van der Waals surface area contributed by atoms with Gasteiger partial charge in [-0.2, -0.15) is 0 Å². The number of nitrogens with zero attached hydrogens (tertiary/aromatic N) is 1. The van der Waals surface area contributed by atoms with Crippen LogP contribution in [0.5, 0.6) is 0 Å². The lowest BCUT2D eigenvalue weighted by atomic mass is 9.94. The Bertz CT molecular complexity index is 213. The predicted octanol–water partition coefficient (Wildman–Crippen LogP) is 0.834. The zero-order valence-electron chi connectivity index (χ0n) is 11.3. The number of amides is 1. The Morgan fingerprint density at radius 3 is 2.65 bits per heavy atom. The summed E-state index contributed by atoms with van der Waals surface area (Å²) in [7, 11) is 4.16. The Kier molecular flexibility index (Phi) is 7.21. The third-order valence-corrected chi connectivity index (χ3v) is 3.29. The van der Waals surface area contributed by atoms with Crippen LogP contribution in [0, 0.1) is 5.92 Å². The van der Waals surface area contributed by atoms with E-state index in [0.29, 0.717) is 5.92 Å². The summed E-state index contributed by atoms with van der Waals surface area (Å²) in [6, 6.07) is 0. The van der Waals surface area contributed by atoms with Gasteiger partial charge in [0.1, 0.15) is 0 Å². The van der Waals surface area contributed by atoms with Gasteiger partial charge in [0.25, 0.3) is 0 Å². The first-order valence-corrected chi connectivity index (χ1v) is 6.80. The van der Waals surface area contributed by atoms with E-state index in [9.17, 15) is 4.79 Å². The number of carbonyl (C=O) groups is 1. The van der Waals surface area contributed by atoms with Crippen molar-refractivity contribution in [2.45, 2.75) is 32.1 Å². The van der Waals surface area contributed by atoms with Crippen molar-refractivity contribution >= 4 is 5.91 Å². The molecule has 0 atom stereocenters. The summed E-state index contributed by atoms with van der Waals surface area (Å²) >= 11 is 0. The Morgan fingerprint density at radius 1 is 1.29 bits per heavy atom. The molecule has 1 saturated heterocycles. The second-order valence-electron chi connectivity index (χ2n) is 5.26. The van der Waals surface area contributed by atoms with Crippen LogP contribution in [0.4, 0.5) is 0 Å². The molecule has 4 nitrogen and oxygen atoms in total. The maximum Gasteiger partial charge on any atom is 0.220 e. The van der Waals surface area contributed by atoms with E-state index in [1.807, 2.05) is 0 Å². The minimum absolute atomic E-state index is 0.238. The molecule has 0 spiro atoms. The van der Waals surface area contributed by atoms with Crippen LogP contribution in [0.1, 0.15) is 32.1 Å². The molecule has 2 N–H and O–H groups in total. The minimum Gasteiger partial charge on any atom is -0.356 e. The molecule has 0 aliphatic carbocycles. The van der Waals surface area contributed by atoms with Gasteiger partial charge in [-0.1, -0.05) is 0 Å². The van der Waals surface area contributed by atoms with E-state index in [2.05, 4.69) is 29.6 Å². The maximum atomic E-state index is 11.7. The van der Waals surface area contributed by atoms with Gasteiger partial charge in [-0.25, -0.2) is 0 Å². The molecule has 0 unspecified atom stereocenters. The molecule has 0 aromatic carbocycles. The normalized spacial score (nSPS) is 17.4. The topological polar surface area (TPSA) is 44.4 Å². The van der Waals surface area contributed by atoms with Crippen LogP contribution >= 0.6 is 0 Å². The Morgan fingerprint density at radius 2 is 2.00 bits per heavy atom. The van der Waals surface area contributed by atoms with Crippen molar-refractivity contribution in [1.29, 1.82) is 0 Å². The summed E-state index contributed by atoms with van der Waals surface area (Å²) in [5.74, 6) is 0.833. The highest BCUT2D eigenvalue weighted by Gasteiger charge is 2.16. The van der Waals surface area contributed by atoms with Crippen LogP contribution in [0.15, 0.2) is 0 Å². The molecule has 1 amide bonds. The highest BCUT2D eigenvalue weighted by atomic mass is 16.1. The first-order valence-electron chi connectivity index (χ1n) is 6.80. The summed E-state index contributed by atoms with van der Waals surface area (Å²) in [4.78, 5) is 13.8. The summed E-state index contributed by atoms with van der Waals surface area (Å²) in [6.07, 6.45) is 5.24. The SMILES string of the molecule is CN(C)CCCCNC(=O)CC1CCNCC1. The van der Waals surface area contributed by atoms with Crippen LogP contribution in [0.3, 0.4) is 0 Å². The Hall–Kier alpha value is -0.610. The zero-order chi connectivity index (χ0) is 12.5. The molecular weight excluding hydrogens is 214 g/mol. The number of rotatable bonds is 7. The van der Waals surface area contributed by atoms with E-state index < -0.39 is 0 Å². The number of hydrogen-bond donors (Lipinski definition) is 2. The highest BCUT2D eigenvalue weighted by molar-refractivity contribution is 5.76. The average Bonchev–Trinajstić information content (AvgIpc) is 2.29. The summed E-state index contributed by atoms with van der Waals surface area (Å²) < 4.78 is 0. The minimum atomic E-state index is 0.238. The van der Waals surface area contributed by atoms with Crippen molar-refractivity contribution in [3.05, 3.63) is 0 Å². The lowest BCUT2D eigenvalue weighted by molar-refractivity contribution is -0.122. The zero-order valence-corrected chi connectivity index (χ0v) is 11.3. The van der Waals surface area contributed by atoms with Gasteiger partial charge in [0, 0.05) is 13.0 Å². The second-order valence-corrected chi connectivity index (χ2v) is 5.26. The van der Waals surface area contributed by atoms with Gasteiger partial charge in [-0.05, 0) is 65.3 Å². The standard InChI is InChI=1S/C13H27N3O/c1-16(2)10-4-3-7-15-13(17)11-12-5-8-14-9-6-12/h12,14H,3-11H2,1-2H3,(H,15,17). The fourth-order valence-electron chi connectivity index (χ4n) is 2.20. The molecule has 0 aromatic heterocycles. The number of unbranched alkanes of at least 4 members (excludes halogenated alkanes) is 1. The van der Waals surface area contributed by atoms with E-state index in [-0.39, 0.29) is 5.91 Å². The van der Waals surface area contributed by atoms with Crippen LogP contribution in [-0.2, 0) is 4.79 Å². The van der Waals surface area contributed by atoms with Crippen molar-refractivity contribution < 1.29 is 4.79 Å². The van der Waals surface area contributed by atoms with Crippen LogP contribution in [-0.4, -0.2) is 51.1 Å². The quantitative estimate of drug-likeness (QED) is 0.649. The number of piperidine rings is 1. The van der Waals surface area contributed by atoms with E-state index in [1.54, 1.807) is 0 Å². The highest BCUT2D eigenvalue weighted by Crippen LogP contribution is 2.15. The molecule has 100 valence electrons. The monoisotopic (exact) mass is 241 g/mol. The fourth-order valence-corrected chi connectivity index (χ4v) is 2.20. The molecule has 1 rings (SSSR count). The van der Waals surface area contributed by atoms with Crippen molar-refractivity contribution in [3.8, 4) is 0 Å². The van der Waals surface area contributed by atoms with E-state index in [0.717, 1.165) is 58.3 Å². The van der Waals surface area contributed by atoms with Gasteiger partial charge in [0.2, 0.25) is 5.91 Å². The third-order valence-electron chi connectivity index (χ3n) is 3.29. The molecule has 0 saturated carbocycles. The van der Waals surface area contributed by atoms with Crippen molar-refractivity contribution in [2.24, 2.45) is 5.92 Å². The lowest BCUT2D eigenvalue weighted by Gasteiger charge is -2.21. The fraction of sp³-hybridized carbons (Fsp3) is 0.923. The maximum absolute atomic E-state index is 11.7. The van der Waals surface area contributed by atoms with Crippen molar-refractivity contribution in [2.75, 3.05) is 40.3 Å². The average molecular weight is 241 g/mol. The van der Waals surface area contributed by atoms with Gasteiger partial charge < -0.3 is 15.5 Å². The number of nitrogens with one attached hydrogen (secondary N) is 2. The van der Waals surface area contributed by atoms with Gasteiger partial charge in [0.05, 0.1) is 0 Å².